The molecule has 8 heteroatoms. The summed E-state index contributed by atoms with van der Waals surface area (Å²) in [5, 5.41) is 9.57. The number of carbonyl (C=O) groups is 1. The summed E-state index contributed by atoms with van der Waals surface area (Å²) in [7, 11) is -3.91. The van der Waals surface area contributed by atoms with E-state index < -0.39 is 16.0 Å². The van der Waals surface area contributed by atoms with E-state index in [2.05, 4.69) is 4.98 Å². The molecule has 1 N–H and O–H groups in total. The normalized spacial score (nSPS) is 11.1. The molecule has 0 amide bonds. The van der Waals surface area contributed by atoms with Crippen LogP contribution in [0.15, 0.2) is 77.8 Å². The van der Waals surface area contributed by atoms with Gasteiger partial charge in [-0.3, -0.25) is 0 Å². The molecule has 1 aromatic heterocycles. The van der Waals surface area contributed by atoms with Crippen molar-refractivity contribution < 1.29 is 18.3 Å². The standard InChI is InChI=1S/C19H15ClN2O4S/c20-16-9-6-14(7-10-16)13-22(18-11-8-15(12-21-18)19(23)24)27(25,26)17-4-2-1-3-5-17/h1-12H,13H2,(H,23,24). The van der Waals surface area contributed by atoms with Gasteiger partial charge in [0.1, 0.15) is 5.82 Å². The van der Waals surface area contributed by atoms with Crippen LogP contribution in [-0.2, 0) is 16.6 Å². The lowest BCUT2D eigenvalue weighted by Crippen LogP contribution is -2.31. The summed E-state index contributed by atoms with van der Waals surface area (Å²) in [6.45, 7) is 0.0216. The van der Waals surface area contributed by atoms with E-state index in [1.165, 1.54) is 24.3 Å². The van der Waals surface area contributed by atoms with E-state index in [1.54, 1.807) is 42.5 Å². The van der Waals surface area contributed by atoms with Crippen molar-refractivity contribution in [1.29, 1.82) is 0 Å². The third-order valence-corrected chi connectivity index (χ3v) is 5.84. The van der Waals surface area contributed by atoms with Crippen LogP contribution in [0, 0.1) is 0 Å². The summed E-state index contributed by atoms with van der Waals surface area (Å²) in [6.07, 6.45) is 1.13. The van der Waals surface area contributed by atoms with E-state index in [9.17, 15) is 13.2 Å². The van der Waals surface area contributed by atoms with E-state index in [1.807, 2.05) is 0 Å². The average Bonchev–Trinajstić information content (AvgIpc) is 2.68. The molecule has 0 bridgehead atoms. The lowest BCUT2D eigenvalue weighted by Gasteiger charge is -2.23. The van der Waals surface area contributed by atoms with Crippen LogP contribution in [0.2, 0.25) is 5.02 Å². The molecule has 6 nitrogen and oxygen atoms in total. The molecule has 0 aliphatic carbocycles. The lowest BCUT2D eigenvalue weighted by atomic mass is 10.2. The summed E-state index contributed by atoms with van der Waals surface area (Å²) in [6, 6.07) is 17.5. The number of aromatic nitrogens is 1. The Bertz CT molecular complexity index is 1040. The predicted octanol–water partition coefficient (Wildman–Crippen LogP) is 3.83. The molecule has 0 fully saturated rings. The van der Waals surface area contributed by atoms with Crippen molar-refractivity contribution in [2.75, 3.05) is 4.31 Å². The first kappa shape index (κ1) is 18.9. The maximum Gasteiger partial charge on any atom is 0.337 e. The largest absolute Gasteiger partial charge is 0.478 e. The number of aromatic carboxylic acids is 1. The third-order valence-electron chi connectivity index (χ3n) is 3.82. The molecule has 0 aliphatic rings. The van der Waals surface area contributed by atoms with Crippen molar-refractivity contribution >= 4 is 33.4 Å². The van der Waals surface area contributed by atoms with Gasteiger partial charge in [-0.1, -0.05) is 41.9 Å². The van der Waals surface area contributed by atoms with Crippen molar-refractivity contribution in [2.45, 2.75) is 11.4 Å². The SMILES string of the molecule is O=C(O)c1ccc(N(Cc2ccc(Cl)cc2)S(=O)(=O)c2ccccc2)nc1. The van der Waals surface area contributed by atoms with Crippen LogP contribution in [0.3, 0.4) is 0 Å². The number of carboxylic acid groups (broad SMARTS) is 1. The quantitative estimate of drug-likeness (QED) is 0.677. The number of halogens is 1. The molecule has 3 aromatic rings. The minimum atomic E-state index is -3.91. The monoisotopic (exact) mass is 402 g/mol. The van der Waals surface area contributed by atoms with Gasteiger partial charge in [0.15, 0.2) is 0 Å². The van der Waals surface area contributed by atoms with Gasteiger partial charge in [-0.05, 0) is 42.0 Å². The van der Waals surface area contributed by atoms with Gasteiger partial charge in [-0.15, -0.1) is 0 Å². The molecular weight excluding hydrogens is 388 g/mol. The summed E-state index contributed by atoms with van der Waals surface area (Å²) in [5.41, 5.74) is 0.685. The molecular formula is C19H15ClN2O4S. The first-order chi connectivity index (χ1) is 12.9. The predicted molar refractivity (Wildman–Crippen MR) is 102 cm³/mol. The highest BCUT2D eigenvalue weighted by molar-refractivity contribution is 7.92. The molecule has 0 saturated heterocycles. The van der Waals surface area contributed by atoms with Gasteiger partial charge >= 0.3 is 5.97 Å². The van der Waals surface area contributed by atoms with Gasteiger partial charge in [0.25, 0.3) is 10.0 Å². The average molecular weight is 403 g/mol. The number of pyridine rings is 1. The molecule has 0 saturated carbocycles. The maximum atomic E-state index is 13.2. The fourth-order valence-electron chi connectivity index (χ4n) is 2.42. The Balaban J connectivity index is 2.05. The Morgan fingerprint density at radius 3 is 2.22 bits per heavy atom. The molecule has 3 rings (SSSR count). The first-order valence-electron chi connectivity index (χ1n) is 7.89. The van der Waals surface area contributed by atoms with Crippen LogP contribution in [0.25, 0.3) is 0 Å². The number of benzene rings is 2. The maximum absolute atomic E-state index is 13.2. The van der Waals surface area contributed by atoms with Gasteiger partial charge in [-0.2, -0.15) is 0 Å². The Kier molecular flexibility index (Phi) is 5.43. The van der Waals surface area contributed by atoms with Crippen LogP contribution < -0.4 is 4.31 Å². The highest BCUT2D eigenvalue weighted by Crippen LogP contribution is 2.25. The minimum Gasteiger partial charge on any atom is -0.478 e. The third kappa shape index (κ3) is 4.27. The van der Waals surface area contributed by atoms with Crippen molar-refractivity contribution in [2.24, 2.45) is 0 Å². The Hall–Kier alpha value is -2.90. The van der Waals surface area contributed by atoms with Gasteiger partial charge < -0.3 is 5.11 Å². The number of anilines is 1. The van der Waals surface area contributed by atoms with Crippen LogP contribution in [-0.4, -0.2) is 24.5 Å². The number of nitrogens with zero attached hydrogens (tertiary/aromatic N) is 2. The second kappa shape index (κ2) is 7.77. The number of hydrogen-bond donors (Lipinski definition) is 1. The highest BCUT2D eigenvalue weighted by atomic mass is 35.5. The van der Waals surface area contributed by atoms with Gasteiger partial charge in [0, 0.05) is 11.2 Å². The van der Waals surface area contributed by atoms with Gasteiger partial charge in [0.2, 0.25) is 0 Å². The fraction of sp³-hybridized carbons (Fsp3) is 0.0526. The minimum absolute atomic E-state index is 0.0216. The highest BCUT2D eigenvalue weighted by Gasteiger charge is 2.26. The van der Waals surface area contributed by atoms with Crippen molar-refractivity contribution in [1.82, 2.24) is 4.98 Å². The number of hydrogen-bond acceptors (Lipinski definition) is 4. The van der Waals surface area contributed by atoms with E-state index in [0.717, 1.165) is 10.5 Å². The summed E-state index contributed by atoms with van der Waals surface area (Å²) in [5.74, 6) is -1.01. The molecule has 0 spiro atoms. The summed E-state index contributed by atoms with van der Waals surface area (Å²) >= 11 is 5.90. The molecule has 0 aliphatic heterocycles. The second-order valence-electron chi connectivity index (χ2n) is 5.66. The fourth-order valence-corrected chi connectivity index (χ4v) is 3.98. The Labute approximate surface area is 161 Å². The summed E-state index contributed by atoms with van der Waals surface area (Å²) < 4.78 is 27.5. The number of sulfonamides is 1. The molecule has 1 heterocycles. The molecule has 0 atom stereocenters. The molecule has 138 valence electrons. The van der Waals surface area contributed by atoms with E-state index in [4.69, 9.17) is 16.7 Å². The molecule has 0 radical (unpaired) electrons. The zero-order valence-corrected chi connectivity index (χ0v) is 15.6. The van der Waals surface area contributed by atoms with Crippen LogP contribution in [0.5, 0.6) is 0 Å². The molecule has 2 aromatic carbocycles. The zero-order chi connectivity index (χ0) is 19.4. The molecule has 27 heavy (non-hydrogen) atoms. The topological polar surface area (TPSA) is 87.6 Å². The van der Waals surface area contributed by atoms with Crippen molar-refractivity contribution in [3.05, 3.63) is 89.1 Å². The number of rotatable bonds is 6. The number of carboxylic acids is 1. The van der Waals surface area contributed by atoms with Gasteiger partial charge in [0.05, 0.1) is 17.0 Å². The van der Waals surface area contributed by atoms with Crippen molar-refractivity contribution in [3.8, 4) is 0 Å². The second-order valence-corrected chi connectivity index (χ2v) is 7.96. The van der Waals surface area contributed by atoms with E-state index in [0.29, 0.717) is 10.6 Å². The van der Waals surface area contributed by atoms with E-state index in [-0.39, 0.29) is 22.8 Å². The van der Waals surface area contributed by atoms with Gasteiger partial charge in [-0.25, -0.2) is 22.5 Å². The smallest absolute Gasteiger partial charge is 0.337 e. The molecule has 0 unspecified atom stereocenters. The summed E-state index contributed by atoms with van der Waals surface area (Å²) in [4.78, 5) is 15.2. The Morgan fingerprint density at radius 1 is 1.00 bits per heavy atom. The van der Waals surface area contributed by atoms with Crippen LogP contribution in [0.4, 0.5) is 5.82 Å². The first-order valence-corrected chi connectivity index (χ1v) is 9.71. The van der Waals surface area contributed by atoms with Crippen molar-refractivity contribution in [3.63, 3.8) is 0 Å². The van der Waals surface area contributed by atoms with Crippen LogP contribution in [0.1, 0.15) is 15.9 Å². The lowest BCUT2D eigenvalue weighted by molar-refractivity contribution is 0.0696. The van der Waals surface area contributed by atoms with E-state index >= 15 is 0 Å². The van der Waals surface area contributed by atoms with Crippen LogP contribution >= 0.6 is 11.6 Å². The zero-order valence-electron chi connectivity index (χ0n) is 14.0. The Morgan fingerprint density at radius 2 is 1.67 bits per heavy atom.